The van der Waals surface area contributed by atoms with Crippen LogP contribution in [0.1, 0.15) is 11.1 Å². The molecule has 0 amide bonds. The van der Waals surface area contributed by atoms with Gasteiger partial charge in [0.05, 0.1) is 12.7 Å². The minimum Gasteiger partial charge on any atom is -0.497 e. The Morgan fingerprint density at radius 1 is 1.16 bits per heavy atom. The van der Waals surface area contributed by atoms with Crippen molar-refractivity contribution >= 4 is 17.9 Å². The van der Waals surface area contributed by atoms with Crippen molar-refractivity contribution in [2.45, 2.75) is 6.61 Å². The van der Waals surface area contributed by atoms with Crippen LogP contribution in [0.25, 0.3) is 6.08 Å². The lowest BCUT2D eigenvalue weighted by molar-refractivity contribution is -0.129. The Kier molecular flexibility index (Phi) is 4.74. The zero-order valence-corrected chi connectivity index (χ0v) is 13.1. The molecule has 0 bridgehead atoms. The second kappa shape index (κ2) is 7.12. The van der Waals surface area contributed by atoms with Gasteiger partial charge in [0, 0.05) is 0 Å². The van der Waals surface area contributed by atoms with Crippen molar-refractivity contribution in [3.8, 4) is 11.5 Å². The molecule has 2 aromatic carbocycles. The van der Waals surface area contributed by atoms with Crippen LogP contribution in [0.2, 0.25) is 0 Å². The molecule has 128 valence electrons. The zero-order valence-electron chi connectivity index (χ0n) is 13.1. The second-order valence-electron chi connectivity index (χ2n) is 4.99. The number of halogens is 2. The molecule has 1 aliphatic rings. The lowest BCUT2D eigenvalue weighted by Crippen LogP contribution is -2.10. The molecule has 0 saturated heterocycles. The van der Waals surface area contributed by atoms with Gasteiger partial charge in [-0.2, -0.15) is 8.78 Å². The van der Waals surface area contributed by atoms with Gasteiger partial charge in [0.2, 0.25) is 5.90 Å². The predicted octanol–water partition coefficient (Wildman–Crippen LogP) is 3.64. The highest BCUT2D eigenvalue weighted by Gasteiger charge is 2.26. The quantitative estimate of drug-likeness (QED) is 0.613. The third-order valence-electron chi connectivity index (χ3n) is 3.35. The molecule has 1 aliphatic heterocycles. The van der Waals surface area contributed by atoms with E-state index in [9.17, 15) is 13.6 Å². The molecule has 0 aliphatic carbocycles. The number of hydrogen-bond donors (Lipinski definition) is 0. The van der Waals surface area contributed by atoms with Gasteiger partial charge in [0.25, 0.3) is 0 Å². The molecule has 0 aromatic heterocycles. The second-order valence-corrected chi connectivity index (χ2v) is 4.99. The highest BCUT2D eigenvalue weighted by molar-refractivity contribution is 6.13. The van der Waals surface area contributed by atoms with E-state index in [1.165, 1.54) is 31.4 Å². The number of cyclic esters (lactones) is 1. The highest BCUT2D eigenvalue weighted by Crippen LogP contribution is 2.26. The SMILES string of the molecule is COc1cccc(C=C2N=C(c3ccccc3OC(F)F)OC2=O)c1. The molecule has 0 radical (unpaired) electrons. The number of nitrogens with zero attached hydrogens (tertiary/aromatic N) is 1. The summed E-state index contributed by atoms with van der Waals surface area (Å²) in [5, 5.41) is 0. The van der Waals surface area contributed by atoms with Gasteiger partial charge < -0.3 is 14.2 Å². The van der Waals surface area contributed by atoms with Crippen molar-refractivity contribution in [3.05, 3.63) is 65.4 Å². The van der Waals surface area contributed by atoms with Crippen LogP contribution in [-0.4, -0.2) is 25.6 Å². The summed E-state index contributed by atoms with van der Waals surface area (Å²) in [4.78, 5) is 16.1. The molecule has 1 heterocycles. The summed E-state index contributed by atoms with van der Waals surface area (Å²) in [5.74, 6) is -0.257. The number of carbonyl (C=O) groups excluding carboxylic acids is 1. The number of ether oxygens (including phenoxy) is 3. The first-order valence-corrected chi connectivity index (χ1v) is 7.27. The van der Waals surface area contributed by atoms with Crippen molar-refractivity contribution in [1.29, 1.82) is 0 Å². The number of alkyl halides is 2. The largest absolute Gasteiger partial charge is 0.497 e. The maximum absolute atomic E-state index is 12.5. The summed E-state index contributed by atoms with van der Waals surface area (Å²) in [5.41, 5.74) is 0.911. The Labute approximate surface area is 142 Å². The van der Waals surface area contributed by atoms with E-state index in [0.29, 0.717) is 11.3 Å². The molecular formula is C18H13F2NO4. The van der Waals surface area contributed by atoms with Crippen molar-refractivity contribution in [1.82, 2.24) is 0 Å². The monoisotopic (exact) mass is 345 g/mol. The molecule has 5 nitrogen and oxygen atoms in total. The molecule has 0 N–H and O–H groups in total. The van der Waals surface area contributed by atoms with E-state index in [4.69, 9.17) is 9.47 Å². The van der Waals surface area contributed by atoms with Crippen LogP contribution in [0.15, 0.2) is 59.2 Å². The highest BCUT2D eigenvalue weighted by atomic mass is 19.3. The van der Waals surface area contributed by atoms with Crippen LogP contribution >= 0.6 is 0 Å². The molecule has 0 saturated carbocycles. The molecule has 0 atom stereocenters. The lowest BCUT2D eigenvalue weighted by Gasteiger charge is -2.08. The van der Waals surface area contributed by atoms with Gasteiger partial charge in [0.1, 0.15) is 11.5 Å². The average molecular weight is 345 g/mol. The fraction of sp³-hybridized carbons (Fsp3) is 0.111. The molecular weight excluding hydrogens is 332 g/mol. The van der Waals surface area contributed by atoms with Gasteiger partial charge >= 0.3 is 12.6 Å². The number of hydrogen-bond acceptors (Lipinski definition) is 5. The fourth-order valence-corrected chi connectivity index (χ4v) is 2.26. The van der Waals surface area contributed by atoms with Crippen molar-refractivity contribution in [3.63, 3.8) is 0 Å². The van der Waals surface area contributed by atoms with Gasteiger partial charge in [-0.25, -0.2) is 9.79 Å². The third-order valence-corrected chi connectivity index (χ3v) is 3.35. The number of esters is 1. The van der Waals surface area contributed by atoms with Gasteiger partial charge in [0.15, 0.2) is 5.70 Å². The summed E-state index contributed by atoms with van der Waals surface area (Å²) in [7, 11) is 1.53. The van der Waals surface area contributed by atoms with Crippen molar-refractivity contribution in [2.24, 2.45) is 4.99 Å². The average Bonchev–Trinajstić information content (AvgIpc) is 2.95. The van der Waals surface area contributed by atoms with E-state index < -0.39 is 12.6 Å². The number of aliphatic imine (C=N–C) groups is 1. The summed E-state index contributed by atoms with van der Waals surface area (Å²) < 4.78 is 39.7. The number of benzene rings is 2. The first kappa shape index (κ1) is 16.6. The van der Waals surface area contributed by atoms with Crippen LogP contribution in [-0.2, 0) is 9.53 Å². The van der Waals surface area contributed by atoms with Crippen molar-refractivity contribution in [2.75, 3.05) is 7.11 Å². The van der Waals surface area contributed by atoms with Crippen LogP contribution < -0.4 is 9.47 Å². The first-order chi connectivity index (χ1) is 12.1. The van der Waals surface area contributed by atoms with Crippen molar-refractivity contribution < 1.29 is 27.8 Å². The fourth-order valence-electron chi connectivity index (χ4n) is 2.26. The topological polar surface area (TPSA) is 57.1 Å². The number of rotatable bonds is 5. The predicted molar refractivity (Wildman–Crippen MR) is 86.7 cm³/mol. The van der Waals surface area contributed by atoms with E-state index in [1.54, 1.807) is 30.3 Å². The van der Waals surface area contributed by atoms with Crippen LogP contribution in [0.3, 0.4) is 0 Å². The van der Waals surface area contributed by atoms with E-state index in [2.05, 4.69) is 9.73 Å². The van der Waals surface area contributed by atoms with Crippen LogP contribution in [0.5, 0.6) is 11.5 Å². The van der Waals surface area contributed by atoms with Gasteiger partial charge in [-0.05, 0) is 35.9 Å². The lowest BCUT2D eigenvalue weighted by atomic mass is 10.2. The maximum atomic E-state index is 12.5. The molecule has 2 aromatic rings. The summed E-state index contributed by atoms with van der Waals surface area (Å²) in [6, 6.07) is 13.0. The van der Waals surface area contributed by atoms with Gasteiger partial charge in [-0.1, -0.05) is 24.3 Å². The minimum atomic E-state index is -2.99. The Morgan fingerprint density at radius 2 is 1.96 bits per heavy atom. The van der Waals surface area contributed by atoms with E-state index in [-0.39, 0.29) is 22.9 Å². The standard InChI is InChI=1S/C18H13F2NO4/c1-23-12-6-4-5-11(9-12)10-14-17(22)25-16(21-14)13-7-2-3-8-15(13)24-18(19)20/h2-10,18H,1H3. The molecule has 0 fully saturated rings. The smallest absolute Gasteiger partial charge is 0.387 e. The number of para-hydroxylation sites is 1. The normalized spacial score (nSPS) is 15.3. The Morgan fingerprint density at radius 3 is 2.72 bits per heavy atom. The van der Waals surface area contributed by atoms with E-state index in [0.717, 1.165) is 0 Å². The van der Waals surface area contributed by atoms with Gasteiger partial charge in [-0.3, -0.25) is 0 Å². The van der Waals surface area contributed by atoms with Crippen LogP contribution in [0.4, 0.5) is 8.78 Å². The summed E-state index contributed by atoms with van der Waals surface area (Å²) in [6.07, 6.45) is 1.52. The third kappa shape index (κ3) is 3.82. The number of methoxy groups -OCH3 is 1. The summed E-state index contributed by atoms with van der Waals surface area (Å²) >= 11 is 0. The molecule has 7 heteroatoms. The Hall–Kier alpha value is -3.22. The zero-order chi connectivity index (χ0) is 17.8. The van der Waals surface area contributed by atoms with E-state index >= 15 is 0 Å². The molecule has 0 spiro atoms. The number of carbonyl (C=O) groups is 1. The van der Waals surface area contributed by atoms with E-state index in [1.807, 2.05) is 0 Å². The van der Waals surface area contributed by atoms with Gasteiger partial charge in [-0.15, -0.1) is 0 Å². The molecule has 25 heavy (non-hydrogen) atoms. The Balaban J connectivity index is 1.94. The minimum absolute atomic E-state index is 0.0510. The molecule has 3 rings (SSSR count). The Bertz CT molecular complexity index is 862. The summed E-state index contributed by atoms with van der Waals surface area (Å²) in [6.45, 7) is -2.99. The first-order valence-electron chi connectivity index (χ1n) is 7.27. The van der Waals surface area contributed by atoms with Crippen LogP contribution in [0, 0.1) is 0 Å². The molecule has 0 unspecified atom stereocenters. The maximum Gasteiger partial charge on any atom is 0.387 e.